The molecule has 1 atom stereocenters. The van der Waals surface area contributed by atoms with E-state index >= 15 is 0 Å². The van der Waals surface area contributed by atoms with Gasteiger partial charge in [-0.1, -0.05) is 12.1 Å². The number of anilines is 2. The Morgan fingerprint density at radius 2 is 1.83 bits per heavy atom. The molecule has 0 radical (unpaired) electrons. The second kappa shape index (κ2) is 8.90. The monoisotopic (exact) mass is 406 g/mol. The number of halogens is 1. The van der Waals surface area contributed by atoms with Crippen molar-refractivity contribution in [1.82, 2.24) is 14.9 Å². The molecule has 30 heavy (non-hydrogen) atoms. The molecule has 4 rings (SSSR count). The summed E-state index contributed by atoms with van der Waals surface area (Å²) in [6.07, 6.45) is 1.76. The SMILES string of the molecule is Cc1cccc(Nc2cccc([C@@H]3CCCN3C(=O)COc3ccc(F)cc3)n2)n1. The van der Waals surface area contributed by atoms with Gasteiger partial charge in [0.25, 0.3) is 5.91 Å². The molecule has 1 fully saturated rings. The molecule has 0 unspecified atom stereocenters. The fourth-order valence-corrected chi connectivity index (χ4v) is 3.58. The predicted octanol–water partition coefficient (Wildman–Crippen LogP) is 4.41. The second-order valence-corrected chi connectivity index (χ2v) is 7.22. The smallest absolute Gasteiger partial charge is 0.261 e. The summed E-state index contributed by atoms with van der Waals surface area (Å²) in [6, 6.07) is 17.1. The van der Waals surface area contributed by atoms with Crippen LogP contribution in [-0.4, -0.2) is 33.9 Å². The zero-order chi connectivity index (χ0) is 20.9. The van der Waals surface area contributed by atoms with Gasteiger partial charge in [-0.15, -0.1) is 0 Å². The Bertz CT molecular complexity index is 1030. The van der Waals surface area contributed by atoms with Crippen LogP contribution in [-0.2, 0) is 4.79 Å². The van der Waals surface area contributed by atoms with Crippen molar-refractivity contribution >= 4 is 17.5 Å². The Morgan fingerprint density at radius 1 is 1.10 bits per heavy atom. The van der Waals surface area contributed by atoms with E-state index in [1.807, 2.05) is 43.3 Å². The summed E-state index contributed by atoms with van der Waals surface area (Å²) < 4.78 is 18.5. The number of hydrogen-bond acceptors (Lipinski definition) is 5. The van der Waals surface area contributed by atoms with Gasteiger partial charge in [-0.3, -0.25) is 4.79 Å². The maximum absolute atomic E-state index is 13.0. The first-order valence-electron chi connectivity index (χ1n) is 9.94. The van der Waals surface area contributed by atoms with Crippen LogP contribution in [0.1, 0.15) is 30.3 Å². The van der Waals surface area contributed by atoms with Crippen LogP contribution in [0.3, 0.4) is 0 Å². The van der Waals surface area contributed by atoms with E-state index in [4.69, 9.17) is 9.72 Å². The average Bonchev–Trinajstić information content (AvgIpc) is 3.23. The third-order valence-corrected chi connectivity index (χ3v) is 5.01. The Labute approximate surface area is 174 Å². The fourth-order valence-electron chi connectivity index (χ4n) is 3.58. The molecule has 3 aromatic rings. The number of rotatable bonds is 6. The number of nitrogens with zero attached hydrogens (tertiary/aromatic N) is 3. The highest BCUT2D eigenvalue weighted by atomic mass is 19.1. The van der Waals surface area contributed by atoms with E-state index in [0.29, 0.717) is 18.1 Å². The van der Waals surface area contributed by atoms with E-state index in [2.05, 4.69) is 10.3 Å². The maximum Gasteiger partial charge on any atom is 0.261 e. The van der Waals surface area contributed by atoms with Crippen molar-refractivity contribution in [2.75, 3.05) is 18.5 Å². The van der Waals surface area contributed by atoms with Crippen LogP contribution in [0, 0.1) is 12.7 Å². The summed E-state index contributed by atoms with van der Waals surface area (Å²) in [5, 5.41) is 3.22. The molecule has 0 bridgehead atoms. The summed E-state index contributed by atoms with van der Waals surface area (Å²) >= 11 is 0. The maximum atomic E-state index is 13.0. The Kier molecular flexibility index (Phi) is 5.88. The van der Waals surface area contributed by atoms with E-state index < -0.39 is 0 Å². The molecule has 1 N–H and O–H groups in total. The number of amides is 1. The standard InChI is InChI=1S/C23H23FN4O2/c1-16-5-2-8-21(25-16)27-22-9-3-6-19(26-22)20-7-4-14-28(20)23(29)15-30-18-12-10-17(24)11-13-18/h2-3,5-6,8-13,20H,4,7,14-15H2,1H3,(H,25,26,27)/t20-/m0/s1. The van der Waals surface area contributed by atoms with Crippen LogP contribution in [0.15, 0.2) is 60.7 Å². The summed E-state index contributed by atoms with van der Waals surface area (Å²) in [6.45, 7) is 2.51. The average molecular weight is 406 g/mol. The Balaban J connectivity index is 1.43. The molecule has 1 amide bonds. The van der Waals surface area contributed by atoms with Gasteiger partial charge >= 0.3 is 0 Å². The summed E-state index contributed by atoms with van der Waals surface area (Å²) in [5.41, 5.74) is 1.75. The van der Waals surface area contributed by atoms with Crippen LogP contribution < -0.4 is 10.1 Å². The van der Waals surface area contributed by atoms with Crippen LogP contribution in [0.25, 0.3) is 0 Å². The number of aryl methyl sites for hydroxylation is 1. The van der Waals surface area contributed by atoms with E-state index in [9.17, 15) is 9.18 Å². The zero-order valence-corrected chi connectivity index (χ0v) is 16.7. The van der Waals surface area contributed by atoms with Crippen LogP contribution in [0.5, 0.6) is 5.75 Å². The normalized spacial score (nSPS) is 15.8. The van der Waals surface area contributed by atoms with Gasteiger partial charge in [-0.2, -0.15) is 0 Å². The highest BCUT2D eigenvalue weighted by molar-refractivity contribution is 5.78. The summed E-state index contributed by atoms with van der Waals surface area (Å²) in [5.74, 6) is 1.44. The van der Waals surface area contributed by atoms with Crippen molar-refractivity contribution in [3.8, 4) is 5.75 Å². The number of benzene rings is 1. The summed E-state index contributed by atoms with van der Waals surface area (Å²) in [7, 11) is 0. The number of pyridine rings is 2. The third kappa shape index (κ3) is 4.74. The topological polar surface area (TPSA) is 67.4 Å². The van der Waals surface area contributed by atoms with Gasteiger partial charge in [0, 0.05) is 12.2 Å². The highest BCUT2D eigenvalue weighted by Gasteiger charge is 2.31. The minimum atomic E-state index is -0.339. The van der Waals surface area contributed by atoms with Gasteiger partial charge in [0.1, 0.15) is 23.2 Å². The fraction of sp³-hybridized carbons (Fsp3) is 0.261. The first kappa shape index (κ1) is 19.8. The molecule has 1 aliphatic rings. The molecule has 154 valence electrons. The van der Waals surface area contributed by atoms with Gasteiger partial charge in [-0.25, -0.2) is 14.4 Å². The van der Waals surface area contributed by atoms with Crippen molar-refractivity contribution in [3.05, 3.63) is 77.9 Å². The Morgan fingerprint density at radius 3 is 2.60 bits per heavy atom. The van der Waals surface area contributed by atoms with Gasteiger partial charge in [0.2, 0.25) is 0 Å². The largest absolute Gasteiger partial charge is 0.484 e. The molecule has 6 nitrogen and oxygen atoms in total. The summed E-state index contributed by atoms with van der Waals surface area (Å²) in [4.78, 5) is 23.7. The number of nitrogens with one attached hydrogen (secondary N) is 1. The molecule has 1 saturated heterocycles. The highest BCUT2D eigenvalue weighted by Crippen LogP contribution is 2.31. The molecular weight excluding hydrogens is 383 g/mol. The van der Waals surface area contributed by atoms with Gasteiger partial charge in [0.15, 0.2) is 6.61 Å². The van der Waals surface area contributed by atoms with Crippen LogP contribution in [0.4, 0.5) is 16.0 Å². The van der Waals surface area contributed by atoms with E-state index in [1.54, 1.807) is 4.90 Å². The van der Waals surface area contributed by atoms with Crippen LogP contribution >= 0.6 is 0 Å². The molecule has 0 aliphatic carbocycles. The molecule has 7 heteroatoms. The first-order chi connectivity index (χ1) is 14.6. The minimum absolute atomic E-state index is 0.0900. The molecule has 0 spiro atoms. The van der Waals surface area contributed by atoms with E-state index in [0.717, 1.165) is 30.0 Å². The molecular formula is C23H23FN4O2. The number of aromatic nitrogens is 2. The van der Waals surface area contributed by atoms with Crippen molar-refractivity contribution in [2.24, 2.45) is 0 Å². The molecule has 1 aromatic carbocycles. The van der Waals surface area contributed by atoms with Crippen molar-refractivity contribution in [2.45, 2.75) is 25.8 Å². The first-order valence-corrected chi connectivity index (χ1v) is 9.94. The molecule has 2 aromatic heterocycles. The van der Waals surface area contributed by atoms with Gasteiger partial charge in [0.05, 0.1) is 11.7 Å². The molecule has 0 saturated carbocycles. The number of ether oxygens (including phenoxy) is 1. The van der Waals surface area contributed by atoms with Gasteiger partial charge < -0.3 is 15.0 Å². The van der Waals surface area contributed by atoms with Crippen molar-refractivity contribution < 1.29 is 13.9 Å². The number of hydrogen-bond donors (Lipinski definition) is 1. The lowest BCUT2D eigenvalue weighted by Crippen LogP contribution is -2.34. The van der Waals surface area contributed by atoms with E-state index in [-0.39, 0.29) is 24.4 Å². The lowest BCUT2D eigenvalue weighted by atomic mass is 10.1. The second-order valence-electron chi connectivity index (χ2n) is 7.22. The third-order valence-electron chi connectivity index (χ3n) is 5.01. The van der Waals surface area contributed by atoms with Gasteiger partial charge in [-0.05, 0) is 68.3 Å². The number of carbonyl (C=O) groups is 1. The molecule has 1 aliphatic heterocycles. The van der Waals surface area contributed by atoms with E-state index in [1.165, 1.54) is 24.3 Å². The lowest BCUT2D eigenvalue weighted by Gasteiger charge is -2.24. The number of carbonyl (C=O) groups excluding carboxylic acids is 1. The van der Waals surface area contributed by atoms with Crippen molar-refractivity contribution in [3.63, 3.8) is 0 Å². The van der Waals surface area contributed by atoms with Crippen molar-refractivity contribution in [1.29, 1.82) is 0 Å². The molecule has 3 heterocycles. The minimum Gasteiger partial charge on any atom is -0.484 e. The quantitative estimate of drug-likeness (QED) is 0.657. The zero-order valence-electron chi connectivity index (χ0n) is 16.7. The lowest BCUT2D eigenvalue weighted by molar-refractivity contribution is -0.134. The number of likely N-dealkylation sites (tertiary alicyclic amines) is 1. The Hall–Kier alpha value is -3.48. The predicted molar refractivity (Wildman–Crippen MR) is 112 cm³/mol. The van der Waals surface area contributed by atoms with Crippen LogP contribution in [0.2, 0.25) is 0 Å².